The highest BCUT2D eigenvalue weighted by atomic mass is 35.5. The Hall–Kier alpha value is -0.770. The van der Waals surface area contributed by atoms with Crippen LogP contribution in [0.3, 0.4) is 0 Å². The van der Waals surface area contributed by atoms with Crippen LogP contribution in [0.4, 0.5) is 0 Å². The fourth-order valence-electron chi connectivity index (χ4n) is 2.81. The quantitative estimate of drug-likeness (QED) is 0.874. The van der Waals surface area contributed by atoms with E-state index in [9.17, 15) is 0 Å². The summed E-state index contributed by atoms with van der Waals surface area (Å²) in [6.45, 7) is 7.35. The Morgan fingerprint density at radius 2 is 1.95 bits per heavy atom. The zero-order chi connectivity index (χ0) is 13.5. The van der Waals surface area contributed by atoms with Crippen LogP contribution in [0.2, 0.25) is 0 Å². The van der Waals surface area contributed by atoms with E-state index < -0.39 is 0 Å². The molecule has 0 aliphatic carbocycles. The second kappa shape index (κ2) is 9.22. The first-order valence-electron chi connectivity index (χ1n) is 7.41. The van der Waals surface area contributed by atoms with E-state index in [4.69, 9.17) is 4.74 Å². The average molecular weight is 299 g/mol. The average Bonchev–Trinajstić information content (AvgIpc) is 2.44. The predicted molar refractivity (Wildman–Crippen MR) is 86.8 cm³/mol. The lowest BCUT2D eigenvalue weighted by atomic mass is 9.96. The van der Waals surface area contributed by atoms with Crippen molar-refractivity contribution in [3.63, 3.8) is 0 Å². The van der Waals surface area contributed by atoms with Crippen molar-refractivity contribution in [2.45, 2.75) is 26.3 Å². The standard InChI is InChI=1S/C16H26N2O.ClH/c1-3-19-16-7-5-4-6-15(16)13-18-10-8-14(9-11-18)12-17-2;/h4-7,14,17H,3,8-13H2,1-2H3;1H. The van der Waals surface area contributed by atoms with Gasteiger partial charge in [0.1, 0.15) is 5.75 Å². The fourth-order valence-corrected chi connectivity index (χ4v) is 2.81. The van der Waals surface area contributed by atoms with Crippen LogP contribution in [0.15, 0.2) is 24.3 Å². The zero-order valence-corrected chi connectivity index (χ0v) is 13.4. The highest BCUT2D eigenvalue weighted by molar-refractivity contribution is 5.85. The van der Waals surface area contributed by atoms with Crippen LogP contribution in [0.5, 0.6) is 5.75 Å². The summed E-state index contributed by atoms with van der Waals surface area (Å²) in [5, 5.41) is 3.29. The molecule has 1 aliphatic heterocycles. The van der Waals surface area contributed by atoms with E-state index in [0.717, 1.165) is 31.4 Å². The van der Waals surface area contributed by atoms with Crippen LogP contribution in [0, 0.1) is 5.92 Å². The van der Waals surface area contributed by atoms with E-state index in [1.165, 1.54) is 31.5 Å². The summed E-state index contributed by atoms with van der Waals surface area (Å²) in [5.41, 5.74) is 1.32. The van der Waals surface area contributed by atoms with Crippen LogP contribution < -0.4 is 10.1 Å². The van der Waals surface area contributed by atoms with Gasteiger partial charge in [0.05, 0.1) is 6.61 Å². The number of nitrogens with one attached hydrogen (secondary N) is 1. The Labute approximate surface area is 129 Å². The number of para-hydroxylation sites is 1. The van der Waals surface area contributed by atoms with Crippen LogP contribution in [0.1, 0.15) is 25.3 Å². The van der Waals surface area contributed by atoms with Gasteiger partial charge < -0.3 is 10.1 Å². The Morgan fingerprint density at radius 1 is 1.25 bits per heavy atom. The molecule has 20 heavy (non-hydrogen) atoms. The van der Waals surface area contributed by atoms with Gasteiger partial charge in [0.2, 0.25) is 0 Å². The lowest BCUT2D eigenvalue weighted by molar-refractivity contribution is 0.174. The van der Waals surface area contributed by atoms with Gasteiger partial charge in [0.15, 0.2) is 0 Å². The maximum atomic E-state index is 5.70. The molecule has 0 atom stereocenters. The molecule has 3 nitrogen and oxygen atoms in total. The smallest absolute Gasteiger partial charge is 0.123 e. The van der Waals surface area contributed by atoms with Crippen LogP contribution >= 0.6 is 12.4 Å². The number of piperidine rings is 1. The van der Waals surface area contributed by atoms with Crippen molar-refractivity contribution in [3.8, 4) is 5.75 Å². The molecule has 1 N–H and O–H groups in total. The Bertz CT molecular complexity index is 378. The zero-order valence-electron chi connectivity index (χ0n) is 12.6. The third kappa shape index (κ3) is 4.97. The van der Waals surface area contributed by atoms with Gasteiger partial charge in [-0.2, -0.15) is 0 Å². The molecule has 1 saturated heterocycles. The van der Waals surface area contributed by atoms with Gasteiger partial charge in [-0.15, -0.1) is 12.4 Å². The molecule has 1 aliphatic rings. The van der Waals surface area contributed by atoms with Crippen molar-refractivity contribution in [1.29, 1.82) is 0 Å². The van der Waals surface area contributed by atoms with E-state index >= 15 is 0 Å². The van der Waals surface area contributed by atoms with Gasteiger partial charge in [-0.3, -0.25) is 4.90 Å². The molecule has 2 rings (SSSR count). The van der Waals surface area contributed by atoms with Crippen molar-refractivity contribution in [3.05, 3.63) is 29.8 Å². The molecular weight excluding hydrogens is 272 g/mol. The lowest BCUT2D eigenvalue weighted by Crippen LogP contribution is -2.36. The van der Waals surface area contributed by atoms with E-state index in [1.54, 1.807) is 0 Å². The summed E-state index contributed by atoms with van der Waals surface area (Å²) < 4.78 is 5.70. The summed E-state index contributed by atoms with van der Waals surface area (Å²) in [7, 11) is 2.05. The first-order valence-corrected chi connectivity index (χ1v) is 7.41. The summed E-state index contributed by atoms with van der Waals surface area (Å²) >= 11 is 0. The Morgan fingerprint density at radius 3 is 2.60 bits per heavy atom. The third-order valence-electron chi connectivity index (χ3n) is 3.87. The van der Waals surface area contributed by atoms with Gasteiger partial charge in [-0.05, 0) is 58.4 Å². The molecule has 0 saturated carbocycles. The third-order valence-corrected chi connectivity index (χ3v) is 3.87. The van der Waals surface area contributed by atoms with E-state index in [2.05, 4.69) is 28.4 Å². The lowest BCUT2D eigenvalue weighted by Gasteiger charge is -2.32. The molecule has 1 fully saturated rings. The maximum Gasteiger partial charge on any atom is 0.123 e. The Balaban J connectivity index is 0.00000200. The van der Waals surface area contributed by atoms with E-state index in [-0.39, 0.29) is 12.4 Å². The summed E-state index contributed by atoms with van der Waals surface area (Å²) in [4.78, 5) is 2.55. The van der Waals surface area contributed by atoms with Gasteiger partial charge in [0.25, 0.3) is 0 Å². The van der Waals surface area contributed by atoms with E-state index in [0.29, 0.717) is 0 Å². The molecule has 4 heteroatoms. The van der Waals surface area contributed by atoms with Crippen LogP contribution in [-0.2, 0) is 6.54 Å². The van der Waals surface area contributed by atoms with Gasteiger partial charge in [-0.1, -0.05) is 18.2 Å². The van der Waals surface area contributed by atoms with Crippen molar-refractivity contribution in [2.75, 3.05) is 33.3 Å². The number of nitrogens with zero attached hydrogens (tertiary/aromatic N) is 1. The minimum atomic E-state index is 0. The molecule has 0 amide bonds. The molecule has 1 heterocycles. The molecule has 0 spiro atoms. The van der Waals surface area contributed by atoms with Crippen molar-refractivity contribution >= 4 is 12.4 Å². The number of ether oxygens (including phenoxy) is 1. The molecular formula is C16H27ClN2O. The molecule has 114 valence electrons. The van der Waals surface area contributed by atoms with Crippen LogP contribution in [0.25, 0.3) is 0 Å². The molecule has 0 aromatic heterocycles. The summed E-state index contributed by atoms with van der Waals surface area (Å²) in [6.07, 6.45) is 2.61. The second-order valence-corrected chi connectivity index (χ2v) is 5.32. The summed E-state index contributed by atoms with van der Waals surface area (Å²) in [6, 6.07) is 8.41. The number of hydrogen-bond acceptors (Lipinski definition) is 3. The number of halogens is 1. The Kier molecular flexibility index (Phi) is 7.97. The highest BCUT2D eigenvalue weighted by Gasteiger charge is 2.19. The largest absolute Gasteiger partial charge is 0.494 e. The topological polar surface area (TPSA) is 24.5 Å². The van der Waals surface area contributed by atoms with Crippen LogP contribution in [-0.4, -0.2) is 38.2 Å². The van der Waals surface area contributed by atoms with Crippen molar-refractivity contribution < 1.29 is 4.74 Å². The maximum absolute atomic E-state index is 5.70. The number of benzene rings is 1. The second-order valence-electron chi connectivity index (χ2n) is 5.32. The molecule has 0 bridgehead atoms. The van der Waals surface area contributed by atoms with Gasteiger partial charge >= 0.3 is 0 Å². The summed E-state index contributed by atoms with van der Waals surface area (Å²) in [5.74, 6) is 1.89. The number of rotatable bonds is 6. The predicted octanol–water partition coefficient (Wildman–Crippen LogP) is 2.94. The fraction of sp³-hybridized carbons (Fsp3) is 0.625. The normalized spacial score (nSPS) is 16.7. The molecule has 0 radical (unpaired) electrons. The van der Waals surface area contributed by atoms with Crippen molar-refractivity contribution in [1.82, 2.24) is 10.2 Å². The van der Waals surface area contributed by atoms with Gasteiger partial charge in [0, 0.05) is 12.1 Å². The first-order chi connectivity index (χ1) is 9.33. The first kappa shape index (κ1) is 17.3. The molecule has 1 aromatic rings. The number of likely N-dealkylation sites (tertiary alicyclic amines) is 1. The minimum absolute atomic E-state index is 0. The minimum Gasteiger partial charge on any atom is -0.494 e. The van der Waals surface area contributed by atoms with Crippen molar-refractivity contribution in [2.24, 2.45) is 5.92 Å². The van der Waals surface area contributed by atoms with Gasteiger partial charge in [-0.25, -0.2) is 0 Å². The highest BCUT2D eigenvalue weighted by Crippen LogP contribution is 2.23. The molecule has 1 aromatic carbocycles. The SMILES string of the molecule is CCOc1ccccc1CN1CCC(CNC)CC1.Cl. The number of hydrogen-bond donors (Lipinski definition) is 1. The van der Waals surface area contributed by atoms with E-state index in [1.807, 2.05) is 20.0 Å². The molecule has 0 unspecified atom stereocenters. The monoisotopic (exact) mass is 298 g/mol.